The van der Waals surface area contributed by atoms with E-state index in [4.69, 9.17) is 4.74 Å². The van der Waals surface area contributed by atoms with Crippen molar-refractivity contribution in [3.8, 4) is 0 Å². The second kappa shape index (κ2) is 9.03. The lowest BCUT2D eigenvalue weighted by atomic mass is 9.98. The highest BCUT2D eigenvalue weighted by molar-refractivity contribution is 5.95. The fraction of sp³-hybridized carbons (Fsp3) is 0.286. The lowest BCUT2D eigenvalue weighted by Gasteiger charge is -2.28. The molecule has 0 heterocycles. The third-order valence-corrected chi connectivity index (χ3v) is 3.75. The number of amides is 2. The van der Waals surface area contributed by atoms with Crippen LogP contribution in [0.3, 0.4) is 0 Å². The molecule has 2 atom stereocenters. The number of nitrogens with one attached hydrogen (secondary N) is 2. The van der Waals surface area contributed by atoms with Gasteiger partial charge in [0.2, 0.25) is 0 Å². The van der Waals surface area contributed by atoms with Crippen molar-refractivity contribution in [1.29, 1.82) is 0 Å². The van der Waals surface area contributed by atoms with Crippen LogP contribution in [0.25, 0.3) is 0 Å². The molecule has 28 heavy (non-hydrogen) atoms. The molecule has 0 unspecified atom stereocenters. The Morgan fingerprint density at radius 1 is 0.893 bits per heavy atom. The minimum atomic E-state index is -1.43. The van der Waals surface area contributed by atoms with E-state index in [1.165, 1.54) is 0 Å². The highest BCUT2D eigenvalue weighted by atomic mass is 16.6. The number of carbonyl (C=O) groups excluding carboxylic acids is 2. The summed E-state index contributed by atoms with van der Waals surface area (Å²) < 4.78 is 5.17. The van der Waals surface area contributed by atoms with Crippen LogP contribution in [0, 0.1) is 0 Å². The first-order chi connectivity index (χ1) is 13.2. The zero-order valence-corrected chi connectivity index (χ0v) is 16.0. The first-order valence-corrected chi connectivity index (χ1v) is 8.80. The summed E-state index contributed by atoms with van der Waals surface area (Å²) in [7, 11) is 0. The molecule has 0 aromatic heterocycles. The average Bonchev–Trinajstić information content (AvgIpc) is 2.64. The van der Waals surface area contributed by atoms with E-state index in [9.17, 15) is 19.5 Å². The Balaban J connectivity index is 2.31. The fourth-order valence-electron chi connectivity index (χ4n) is 2.56. The van der Waals surface area contributed by atoms with Crippen LogP contribution in [-0.4, -0.2) is 34.7 Å². The summed E-state index contributed by atoms with van der Waals surface area (Å²) in [6.07, 6.45) is -0.880. The first kappa shape index (κ1) is 21.0. The lowest BCUT2D eigenvalue weighted by molar-refractivity contribution is -0.140. The van der Waals surface area contributed by atoms with Crippen molar-refractivity contribution in [1.82, 2.24) is 10.6 Å². The molecule has 7 nitrogen and oxygen atoms in total. The summed E-state index contributed by atoms with van der Waals surface area (Å²) in [5, 5.41) is 14.8. The Kier molecular flexibility index (Phi) is 6.76. The van der Waals surface area contributed by atoms with Gasteiger partial charge in [0.05, 0.1) is 6.04 Å². The summed E-state index contributed by atoms with van der Waals surface area (Å²) in [6, 6.07) is 14.6. The molecule has 0 spiro atoms. The van der Waals surface area contributed by atoms with Crippen LogP contribution in [0.5, 0.6) is 0 Å². The Bertz CT molecular complexity index is 816. The summed E-state index contributed by atoms with van der Waals surface area (Å²) >= 11 is 0. The topological polar surface area (TPSA) is 105 Å². The van der Waals surface area contributed by atoms with Crippen molar-refractivity contribution in [2.45, 2.75) is 38.5 Å². The fourth-order valence-corrected chi connectivity index (χ4v) is 2.56. The molecule has 0 saturated carbocycles. The number of ether oxygens (including phenoxy) is 1. The van der Waals surface area contributed by atoms with Gasteiger partial charge in [-0.3, -0.25) is 4.79 Å². The van der Waals surface area contributed by atoms with Crippen LogP contribution in [0.4, 0.5) is 4.79 Å². The number of carboxylic acid groups (broad SMARTS) is 1. The minimum Gasteiger partial charge on any atom is -0.480 e. The van der Waals surface area contributed by atoms with E-state index in [-0.39, 0.29) is 0 Å². The monoisotopic (exact) mass is 384 g/mol. The normalized spacial score (nSPS) is 13.1. The van der Waals surface area contributed by atoms with Crippen LogP contribution < -0.4 is 10.6 Å². The quantitative estimate of drug-likeness (QED) is 0.710. The smallest absolute Gasteiger partial charge is 0.408 e. The standard InChI is InChI=1S/C21H24N2O5/c1-21(2,3)28-20(27)23-17(19(25)26)16(14-10-6-4-7-11-14)22-18(24)15-12-8-5-9-13-15/h4-13,16-17H,1-3H3,(H,22,24)(H,23,27)(H,25,26)/t16-,17+/m0/s1. The zero-order valence-electron chi connectivity index (χ0n) is 16.0. The number of hydrogen-bond donors (Lipinski definition) is 3. The molecule has 2 aromatic carbocycles. The van der Waals surface area contributed by atoms with E-state index in [1.54, 1.807) is 81.4 Å². The van der Waals surface area contributed by atoms with E-state index in [0.717, 1.165) is 0 Å². The number of carbonyl (C=O) groups is 3. The maximum absolute atomic E-state index is 12.6. The molecule has 2 aromatic rings. The van der Waals surface area contributed by atoms with Crippen molar-refractivity contribution in [3.05, 3.63) is 71.8 Å². The van der Waals surface area contributed by atoms with Gasteiger partial charge in [0.15, 0.2) is 6.04 Å². The van der Waals surface area contributed by atoms with E-state index < -0.39 is 35.7 Å². The van der Waals surface area contributed by atoms with Crippen molar-refractivity contribution < 1.29 is 24.2 Å². The molecule has 0 fully saturated rings. The van der Waals surface area contributed by atoms with Gasteiger partial charge in [-0.1, -0.05) is 48.5 Å². The number of rotatable bonds is 6. The number of aliphatic carboxylic acids is 1. The number of hydrogen-bond acceptors (Lipinski definition) is 4. The van der Waals surface area contributed by atoms with E-state index in [2.05, 4.69) is 10.6 Å². The summed E-state index contributed by atoms with van der Waals surface area (Å²) in [4.78, 5) is 36.7. The molecule has 0 saturated heterocycles. The van der Waals surface area contributed by atoms with Crippen molar-refractivity contribution in [2.24, 2.45) is 0 Å². The van der Waals surface area contributed by atoms with Crippen LogP contribution in [0.1, 0.15) is 42.7 Å². The largest absolute Gasteiger partial charge is 0.480 e. The maximum atomic E-state index is 12.6. The predicted molar refractivity (Wildman–Crippen MR) is 104 cm³/mol. The van der Waals surface area contributed by atoms with Gasteiger partial charge in [0.1, 0.15) is 5.60 Å². The van der Waals surface area contributed by atoms with Crippen molar-refractivity contribution in [2.75, 3.05) is 0 Å². The van der Waals surface area contributed by atoms with Gasteiger partial charge in [-0.2, -0.15) is 0 Å². The van der Waals surface area contributed by atoms with Crippen LogP contribution in [0.2, 0.25) is 0 Å². The van der Waals surface area contributed by atoms with Crippen molar-refractivity contribution >= 4 is 18.0 Å². The molecule has 0 radical (unpaired) electrons. The van der Waals surface area contributed by atoms with Crippen molar-refractivity contribution in [3.63, 3.8) is 0 Å². The van der Waals surface area contributed by atoms with Crippen LogP contribution >= 0.6 is 0 Å². The van der Waals surface area contributed by atoms with E-state index in [1.807, 2.05) is 0 Å². The Hall–Kier alpha value is -3.35. The number of alkyl carbamates (subject to hydrolysis) is 1. The molecular weight excluding hydrogens is 360 g/mol. The van der Waals surface area contributed by atoms with Gasteiger partial charge in [-0.15, -0.1) is 0 Å². The molecule has 3 N–H and O–H groups in total. The van der Waals surface area contributed by atoms with Gasteiger partial charge in [0, 0.05) is 5.56 Å². The molecule has 2 rings (SSSR count). The minimum absolute atomic E-state index is 0.379. The molecule has 7 heteroatoms. The third kappa shape index (κ3) is 6.12. The van der Waals surface area contributed by atoms with Gasteiger partial charge in [-0.05, 0) is 38.5 Å². The van der Waals surface area contributed by atoms with E-state index in [0.29, 0.717) is 11.1 Å². The highest BCUT2D eigenvalue weighted by Crippen LogP contribution is 2.19. The summed E-state index contributed by atoms with van der Waals surface area (Å²) in [5.41, 5.74) is 0.128. The number of benzene rings is 2. The molecule has 148 valence electrons. The van der Waals surface area contributed by atoms with Crippen LogP contribution in [0.15, 0.2) is 60.7 Å². The molecule has 2 amide bonds. The summed E-state index contributed by atoms with van der Waals surface area (Å²) in [5.74, 6) is -1.75. The first-order valence-electron chi connectivity index (χ1n) is 8.80. The SMILES string of the molecule is CC(C)(C)OC(=O)N[C@@H](C(=O)O)[C@@H](NC(=O)c1ccccc1)c1ccccc1. The third-order valence-electron chi connectivity index (χ3n) is 3.75. The lowest BCUT2D eigenvalue weighted by Crippen LogP contribution is -2.51. The second-order valence-electron chi connectivity index (χ2n) is 7.19. The number of carboxylic acids is 1. The van der Waals surface area contributed by atoms with E-state index >= 15 is 0 Å². The Morgan fingerprint density at radius 2 is 1.43 bits per heavy atom. The molecular formula is C21H24N2O5. The van der Waals surface area contributed by atoms with Crippen LogP contribution in [-0.2, 0) is 9.53 Å². The predicted octanol–water partition coefficient (Wildman–Crippen LogP) is 3.14. The molecule has 0 aliphatic rings. The zero-order chi connectivity index (χ0) is 20.7. The Morgan fingerprint density at radius 3 is 1.93 bits per heavy atom. The maximum Gasteiger partial charge on any atom is 0.408 e. The van der Waals surface area contributed by atoms with Gasteiger partial charge in [0.25, 0.3) is 5.91 Å². The average molecular weight is 384 g/mol. The summed E-state index contributed by atoms with van der Waals surface area (Å²) in [6.45, 7) is 5.02. The van der Waals surface area contributed by atoms with Gasteiger partial charge in [-0.25, -0.2) is 9.59 Å². The Labute approximate surface area is 163 Å². The highest BCUT2D eigenvalue weighted by Gasteiger charge is 2.34. The van der Waals surface area contributed by atoms with Gasteiger partial charge < -0.3 is 20.5 Å². The second-order valence-corrected chi connectivity index (χ2v) is 7.19. The molecule has 0 bridgehead atoms. The molecule has 0 aliphatic heterocycles. The molecule has 0 aliphatic carbocycles. The van der Waals surface area contributed by atoms with Gasteiger partial charge >= 0.3 is 12.1 Å².